The third-order valence-electron chi connectivity index (χ3n) is 3.07. The van der Waals surface area contributed by atoms with Crippen molar-refractivity contribution in [1.82, 2.24) is 20.3 Å². The molecule has 104 valence electrons. The molecule has 2 rings (SSSR count). The van der Waals surface area contributed by atoms with E-state index in [9.17, 15) is 4.79 Å². The number of hydrogen-bond donors (Lipinski definition) is 1. The van der Waals surface area contributed by atoms with Crippen LogP contribution in [0.2, 0.25) is 0 Å². The van der Waals surface area contributed by atoms with E-state index in [1.165, 1.54) is 17.5 Å². The predicted molar refractivity (Wildman–Crippen MR) is 75.2 cm³/mol. The molecule has 0 unspecified atom stereocenters. The van der Waals surface area contributed by atoms with Gasteiger partial charge in [-0.1, -0.05) is 31.4 Å². The quantitative estimate of drug-likeness (QED) is 0.846. The van der Waals surface area contributed by atoms with Gasteiger partial charge >= 0.3 is 6.03 Å². The number of aromatic nitrogens is 3. The molecule has 20 heavy (non-hydrogen) atoms. The molecular weight excluding hydrogens is 254 g/mol. The van der Waals surface area contributed by atoms with Gasteiger partial charge in [0.15, 0.2) is 0 Å². The number of carbonyl (C=O) groups excluding carboxylic acids is 1. The van der Waals surface area contributed by atoms with Crippen LogP contribution in [0.25, 0.3) is 11.0 Å². The summed E-state index contributed by atoms with van der Waals surface area (Å²) in [5, 5.41) is 19.4. The smallest absolute Gasteiger partial charge is 0.336 e. The van der Waals surface area contributed by atoms with Crippen molar-refractivity contribution in [2.24, 2.45) is 0 Å². The Balaban J connectivity index is 2.05. The zero-order valence-corrected chi connectivity index (χ0v) is 11.5. The predicted octanol–water partition coefficient (Wildman–Crippen LogP) is 2.44. The second kappa shape index (κ2) is 6.66. The van der Waals surface area contributed by atoms with Crippen molar-refractivity contribution >= 4 is 17.1 Å². The van der Waals surface area contributed by atoms with Gasteiger partial charge in [0.2, 0.25) is 0 Å². The van der Waals surface area contributed by atoms with Crippen molar-refractivity contribution in [1.29, 1.82) is 5.26 Å². The van der Waals surface area contributed by atoms with Crippen molar-refractivity contribution in [3.63, 3.8) is 0 Å². The number of fused-ring (bicyclic) bond motifs is 1. The molecule has 6 heteroatoms. The van der Waals surface area contributed by atoms with Crippen molar-refractivity contribution in [3.05, 3.63) is 23.8 Å². The maximum atomic E-state index is 12.0. The lowest BCUT2D eigenvalue weighted by molar-refractivity contribution is 0.239. The van der Waals surface area contributed by atoms with Crippen LogP contribution in [0.4, 0.5) is 4.79 Å². The van der Waals surface area contributed by atoms with Gasteiger partial charge < -0.3 is 5.32 Å². The second-order valence-corrected chi connectivity index (χ2v) is 4.61. The van der Waals surface area contributed by atoms with E-state index in [1.54, 1.807) is 18.2 Å². The molecule has 0 bridgehead atoms. The molecule has 2 aromatic rings. The van der Waals surface area contributed by atoms with Gasteiger partial charge in [0.25, 0.3) is 0 Å². The first-order valence-electron chi connectivity index (χ1n) is 6.80. The molecule has 1 amide bonds. The van der Waals surface area contributed by atoms with E-state index < -0.39 is 0 Å². The Morgan fingerprint density at radius 2 is 2.25 bits per heavy atom. The molecular formula is C14H17N5O. The van der Waals surface area contributed by atoms with Crippen LogP contribution in [-0.4, -0.2) is 27.6 Å². The molecule has 1 aromatic carbocycles. The van der Waals surface area contributed by atoms with Crippen LogP contribution < -0.4 is 5.32 Å². The molecule has 1 aromatic heterocycles. The number of nitrogens with one attached hydrogen (secondary N) is 1. The Bertz CT molecular complexity index is 641. The average Bonchev–Trinajstić information content (AvgIpc) is 2.89. The Hall–Kier alpha value is -2.42. The fourth-order valence-electron chi connectivity index (χ4n) is 1.96. The van der Waals surface area contributed by atoms with E-state index in [2.05, 4.69) is 22.6 Å². The van der Waals surface area contributed by atoms with E-state index in [0.717, 1.165) is 12.8 Å². The van der Waals surface area contributed by atoms with Crippen molar-refractivity contribution < 1.29 is 4.79 Å². The lowest BCUT2D eigenvalue weighted by Gasteiger charge is -2.04. The Morgan fingerprint density at radius 1 is 1.40 bits per heavy atom. The third kappa shape index (κ3) is 3.12. The molecule has 0 fully saturated rings. The van der Waals surface area contributed by atoms with Crippen LogP contribution >= 0.6 is 0 Å². The standard InChI is InChI=1S/C14H17N5O/c1-2-3-4-5-8-16-14(20)19-13-9-11(10-15)6-7-12(13)17-18-19/h6-7,9H,2-5,8H2,1H3,(H,16,20). The summed E-state index contributed by atoms with van der Waals surface area (Å²) in [6.07, 6.45) is 4.40. The summed E-state index contributed by atoms with van der Waals surface area (Å²) in [6, 6.07) is 6.69. The van der Waals surface area contributed by atoms with Crippen molar-refractivity contribution in [2.75, 3.05) is 6.54 Å². The third-order valence-corrected chi connectivity index (χ3v) is 3.07. The molecule has 0 aliphatic rings. The topological polar surface area (TPSA) is 83.6 Å². The summed E-state index contributed by atoms with van der Waals surface area (Å²) < 4.78 is 1.20. The molecule has 0 aliphatic carbocycles. The first-order chi connectivity index (χ1) is 9.76. The van der Waals surface area contributed by atoms with Crippen LogP contribution in [-0.2, 0) is 0 Å². The number of nitrogens with zero attached hydrogens (tertiary/aromatic N) is 4. The average molecular weight is 271 g/mol. The van der Waals surface area contributed by atoms with Gasteiger partial charge in [-0.3, -0.25) is 0 Å². The fraction of sp³-hybridized carbons (Fsp3) is 0.429. The van der Waals surface area contributed by atoms with Gasteiger partial charge in [-0.15, -0.1) is 5.10 Å². The minimum absolute atomic E-state index is 0.306. The number of rotatable bonds is 5. The van der Waals surface area contributed by atoms with Crippen molar-refractivity contribution in [2.45, 2.75) is 32.6 Å². The van der Waals surface area contributed by atoms with E-state index >= 15 is 0 Å². The monoisotopic (exact) mass is 271 g/mol. The SMILES string of the molecule is CCCCCCNC(=O)n1nnc2ccc(C#N)cc21. The summed E-state index contributed by atoms with van der Waals surface area (Å²) in [6.45, 7) is 2.77. The number of hydrogen-bond acceptors (Lipinski definition) is 4. The normalized spacial score (nSPS) is 10.4. The van der Waals surface area contributed by atoms with Gasteiger partial charge in [-0.2, -0.15) is 9.94 Å². The zero-order chi connectivity index (χ0) is 14.4. The fourth-order valence-corrected chi connectivity index (χ4v) is 1.96. The molecule has 1 N–H and O–H groups in total. The van der Waals surface area contributed by atoms with Gasteiger partial charge in [0, 0.05) is 6.54 Å². The van der Waals surface area contributed by atoms with Gasteiger partial charge in [-0.25, -0.2) is 4.79 Å². The molecule has 0 aliphatic heterocycles. The summed E-state index contributed by atoms with van der Waals surface area (Å²) in [5.74, 6) is 0. The van der Waals surface area contributed by atoms with Crippen LogP contribution in [0.1, 0.15) is 38.2 Å². The van der Waals surface area contributed by atoms with Crippen LogP contribution in [0.15, 0.2) is 18.2 Å². The largest absolute Gasteiger partial charge is 0.344 e. The second-order valence-electron chi connectivity index (χ2n) is 4.61. The minimum atomic E-state index is -0.306. The van der Waals surface area contributed by atoms with Gasteiger partial charge in [-0.05, 0) is 24.6 Å². The maximum Gasteiger partial charge on any atom is 0.344 e. The highest BCUT2D eigenvalue weighted by atomic mass is 16.2. The first-order valence-corrected chi connectivity index (χ1v) is 6.80. The van der Waals surface area contributed by atoms with Crippen LogP contribution in [0, 0.1) is 11.3 Å². The van der Waals surface area contributed by atoms with Crippen LogP contribution in [0.3, 0.4) is 0 Å². The number of nitriles is 1. The summed E-state index contributed by atoms with van der Waals surface area (Å²) in [7, 11) is 0. The Kier molecular flexibility index (Phi) is 4.66. The maximum absolute atomic E-state index is 12.0. The molecule has 1 heterocycles. The first kappa shape index (κ1) is 14.0. The molecule has 0 saturated carbocycles. The van der Waals surface area contributed by atoms with Crippen LogP contribution in [0.5, 0.6) is 0 Å². The lowest BCUT2D eigenvalue weighted by atomic mass is 10.2. The highest BCUT2D eigenvalue weighted by molar-refractivity contribution is 5.88. The number of carbonyl (C=O) groups is 1. The summed E-state index contributed by atoms with van der Waals surface area (Å²) in [4.78, 5) is 12.0. The van der Waals surface area contributed by atoms with Crippen molar-refractivity contribution in [3.8, 4) is 6.07 Å². The zero-order valence-electron chi connectivity index (χ0n) is 11.5. The highest BCUT2D eigenvalue weighted by Crippen LogP contribution is 2.12. The molecule has 6 nitrogen and oxygen atoms in total. The number of amides is 1. The summed E-state index contributed by atoms with van der Waals surface area (Å²) >= 11 is 0. The van der Waals surface area contributed by atoms with E-state index in [1.807, 2.05) is 6.07 Å². The highest BCUT2D eigenvalue weighted by Gasteiger charge is 2.11. The molecule has 0 radical (unpaired) electrons. The molecule has 0 atom stereocenters. The molecule has 0 saturated heterocycles. The van der Waals surface area contributed by atoms with Gasteiger partial charge in [0.05, 0.1) is 11.6 Å². The Morgan fingerprint density at radius 3 is 3.00 bits per heavy atom. The molecule has 0 spiro atoms. The summed E-state index contributed by atoms with van der Waals surface area (Å²) in [5.41, 5.74) is 1.64. The number of unbranched alkanes of at least 4 members (excludes halogenated alkanes) is 3. The lowest BCUT2D eigenvalue weighted by Crippen LogP contribution is -2.30. The Labute approximate surface area is 117 Å². The number of benzene rings is 1. The minimum Gasteiger partial charge on any atom is -0.336 e. The van der Waals surface area contributed by atoms with E-state index in [-0.39, 0.29) is 6.03 Å². The van der Waals surface area contributed by atoms with E-state index in [4.69, 9.17) is 5.26 Å². The van der Waals surface area contributed by atoms with E-state index in [0.29, 0.717) is 23.1 Å². The van der Waals surface area contributed by atoms with Gasteiger partial charge in [0.1, 0.15) is 11.0 Å².